The van der Waals surface area contributed by atoms with E-state index < -0.39 is 23.8 Å². The molecule has 0 heterocycles. The molecule has 0 amide bonds. The van der Waals surface area contributed by atoms with E-state index in [1.165, 1.54) is 0 Å². The van der Waals surface area contributed by atoms with Gasteiger partial charge in [0.25, 0.3) is 0 Å². The van der Waals surface area contributed by atoms with Gasteiger partial charge in [0.1, 0.15) is 0 Å². The van der Waals surface area contributed by atoms with E-state index >= 15 is 0 Å². The molecule has 2 atom stereocenters. The van der Waals surface area contributed by atoms with Gasteiger partial charge in [0, 0.05) is 11.9 Å². The first kappa shape index (κ1) is 13.9. The van der Waals surface area contributed by atoms with Crippen LogP contribution in [0.2, 0.25) is 0 Å². The molecule has 0 bridgehead atoms. The average molecular weight is 215 g/mol. The van der Waals surface area contributed by atoms with Gasteiger partial charge in [-0.3, -0.25) is 4.79 Å². The number of hydrogen-bond acceptors (Lipinski definition) is 3. The van der Waals surface area contributed by atoms with Gasteiger partial charge in [-0.2, -0.15) is 0 Å². The lowest BCUT2D eigenvalue weighted by Gasteiger charge is -2.29. The molecule has 0 aliphatic rings. The number of rotatable bonds is 6. The highest BCUT2D eigenvalue weighted by atomic mass is 16.4. The highest BCUT2D eigenvalue weighted by Crippen LogP contribution is 2.26. The van der Waals surface area contributed by atoms with E-state index in [0.29, 0.717) is 6.42 Å². The van der Waals surface area contributed by atoms with Crippen LogP contribution in [0.3, 0.4) is 0 Å². The molecule has 0 aromatic heterocycles. The molecule has 0 saturated heterocycles. The van der Waals surface area contributed by atoms with Gasteiger partial charge in [0.05, 0.1) is 5.92 Å². The molecule has 0 aliphatic heterocycles. The molecule has 0 fully saturated rings. The largest absolute Gasteiger partial charge is 0.550 e. The summed E-state index contributed by atoms with van der Waals surface area (Å²) in [5.74, 6) is -4.15. The van der Waals surface area contributed by atoms with E-state index in [-0.39, 0.29) is 11.8 Å². The molecule has 0 saturated carbocycles. The molecule has 0 radical (unpaired) electrons. The van der Waals surface area contributed by atoms with Crippen molar-refractivity contribution in [2.24, 2.45) is 23.7 Å². The third-order valence-corrected chi connectivity index (χ3v) is 2.47. The maximum atomic E-state index is 11.0. The maximum Gasteiger partial charge on any atom is 0.307 e. The van der Waals surface area contributed by atoms with Crippen LogP contribution < -0.4 is 5.11 Å². The Morgan fingerprint density at radius 1 is 1.20 bits per heavy atom. The zero-order chi connectivity index (χ0) is 12.2. The van der Waals surface area contributed by atoms with Gasteiger partial charge >= 0.3 is 5.97 Å². The lowest BCUT2D eigenvalue weighted by molar-refractivity contribution is -0.315. The van der Waals surface area contributed by atoms with Crippen molar-refractivity contribution < 1.29 is 19.8 Å². The average Bonchev–Trinajstić information content (AvgIpc) is 2.00. The van der Waals surface area contributed by atoms with Gasteiger partial charge in [-0.1, -0.05) is 27.7 Å². The van der Waals surface area contributed by atoms with Crippen LogP contribution in [0.1, 0.15) is 34.1 Å². The summed E-state index contributed by atoms with van der Waals surface area (Å²) < 4.78 is 0. The molecule has 4 heteroatoms. The predicted molar refractivity (Wildman–Crippen MR) is 53.9 cm³/mol. The molecule has 0 rings (SSSR count). The van der Waals surface area contributed by atoms with Crippen molar-refractivity contribution in [2.45, 2.75) is 34.1 Å². The Hall–Kier alpha value is -1.06. The van der Waals surface area contributed by atoms with Gasteiger partial charge in [-0.15, -0.1) is 0 Å². The van der Waals surface area contributed by atoms with Crippen molar-refractivity contribution in [3.8, 4) is 0 Å². The van der Waals surface area contributed by atoms with E-state index in [1.807, 2.05) is 13.8 Å². The fourth-order valence-electron chi connectivity index (χ4n) is 1.81. The van der Waals surface area contributed by atoms with Crippen molar-refractivity contribution >= 4 is 11.9 Å². The molecule has 1 N–H and O–H groups in total. The molecule has 2 unspecified atom stereocenters. The van der Waals surface area contributed by atoms with Crippen molar-refractivity contribution in [1.82, 2.24) is 0 Å². The summed E-state index contributed by atoms with van der Waals surface area (Å²) in [5.41, 5.74) is 0. The Balaban J connectivity index is 4.84. The zero-order valence-corrected chi connectivity index (χ0v) is 9.69. The standard InChI is InChI=1S/C11H20O4/c1-6(2)5-8(10(12)13)9(7(3)4)11(14)15/h6-9H,5H2,1-4H3,(H,12,13)(H,14,15)/p-1. The van der Waals surface area contributed by atoms with Crippen LogP contribution >= 0.6 is 0 Å². The van der Waals surface area contributed by atoms with Gasteiger partial charge in [-0.05, 0) is 18.3 Å². The second-order valence-electron chi connectivity index (χ2n) is 4.66. The Morgan fingerprint density at radius 2 is 1.67 bits per heavy atom. The predicted octanol–water partition coefficient (Wildman–Crippen LogP) is 0.755. The molecule has 0 aliphatic carbocycles. The fourth-order valence-corrected chi connectivity index (χ4v) is 1.81. The summed E-state index contributed by atoms with van der Waals surface area (Å²) in [6.07, 6.45) is 0.367. The monoisotopic (exact) mass is 215 g/mol. The van der Waals surface area contributed by atoms with Crippen LogP contribution in [0.5, 0.6) is 0 Å². The lowest BCUT2D eigenvalue weighted by Crippen LogP contribution is -2.42. The summed E-state index contributed by atoms with van der Waals surface area (Å²) in [4.78, 5) is 21.9. The van der Waals surface area contributed by atoms with Crippen LogP contribution in [0.4, 0.5) is 0 Å². The van der Waals surface area contributed by atoms with E-state index in [4.69, 9.17) is 5.11 Å². The number of carbonyl (C=O) groups is 2. The second kappa shape index (κ2) is 5.73. The topological polar surface area (TPSA) is 77.4 Å². The van der Waals surface area contributed by atoms with Crippen LogP contribution in [0.15, 0.2) is 0 Å². The summed E-state index contributed by atoms with van der Waals surface area (Å²) in [6.45, 7) is 7.17. The van der Waals surface area contributed by atoms with E-state index in [0.717, 1.165) is 0 Å². The molecular weight excluding hydrogens is 196 g/mol. The number of hydrogen-bond donors (Lipinski definition) is 1. The SMILES string of the molecule is CC(C)CC(C(=O)O)C(C(=O)[O-])C(C)C. The maximum absolute atomic E-state index is 11.0. The quantitative estimate of drug-likeness (QED) is 0.709. The third kappa shape index (κ3) is 4.32. The smallest absolute Gasteiger partial charge is 0.307 e. The lowest BCUT2D eigenvalue weighted by atomic mass is 9.79. The minimum absolute atomic E-state index is 0.159. The highest BCUT2D eigenvalue weighted by Gasteiger charge is 2.31. The number of aliphatic carboxylic acids is 2. The minimum atomic E-state index is -1.27. The Kier molecular flexibility index (Phi) is 5.33. The van der Waals surface area contributed by atoms with Crippen molar-refractivity contribution in [1.29, 1.82) is 0 Å². The molecule has 0 spiro atoms. The van der Waals surface area contributed by atoms with Crippen molar-refractivity contribution in [2.75, 3.05) is 0 Å². The Morgan fingerprint density at radius 3 is 1.87 bits per heavy atom. The first-order chi connectivity index (χ1) is 6.77. The fraction of sp³-hybridized carbons (Fsp3) is 0.818. The van der Waals surface area contributed by atoms with Crippen molar-refractivity contribution in [3.63, 3.8) is 0 Å². The first-order valence-corrected chi connectivity index (χ1v) is 5.21. The highest BCUT2D eigenvalue weighted by molar-refractivity contribution is 5.79. The molecule has 88 valence electrons. The normalized spacial score (nSPS) is 15.3. The summed E-state index contributed by atoms with van der Waals surface area (Å²) in [6, 6.07) is 0. The van der Waals surface area contributed by atoms with Gasteiger partial charge < -0.3 is 15.0 Å². The van der Waals surface area contributed by atoms with Crippen LogP contribution in [-0.4, -0.2) is 17.0 Å². The number of carboxylic acid groups (broad SMARTS) is 2. The van der Waals surface area contributed by atoms with Crippen LogP contribution in [0, 0.1) is 23.7 Å². The van der Waals surface area contributed by atoms with E-state index in [9.17, 15) is 14.7 Å². The van der Waals surface area contributed by atoms with E-state index in [2.05, 4.69) is 0 Å². The number of carboxylic acids is 2. The minimum Gasteiger partial charge on any atom is -0.550 e. The number of carbonyl (C=O) groups excluding carboxylic acids is 1. The molecule has 15 heavy (non-hydrogen) atoms. The van der Waals surface area contributed by atoms with Gasteiger partial charge in [0.2, 0.25) is 0 Å². The summed E-state index contributed by atoms with van der Waals surface area (Å²) in [5, 5.41) is 19.9. The zero-order valence-electron chi connectivity index (χ0n) is 9.69. The van der Waals surface area contributed by atoms with Gasteiger partial charge in [0.15, 0.2) is 0 Å². The third-order valence-electron chi connectivity index (χ3n) is 2.47. The summed E-state index contributed by atoms with van der Waals surface area (Å²) in [7, 11) is 0. The Labute approximate surface area is 90.3 Å². The molecule has 0 aromatic rings. The van der Waals surface area contributed by atoms with Gasteiger partial charge in [-0.25, -0.2) is 0 Å². The molecular formula is C11H19O4-. The molecule has 0 aromatic carbocycles. The second-order valence-corrected chi connectivity index (χ2v) is 4.66. The molecule has 4 nitrogen and oxygen atoms in total. The van der Waals surface area contributed by atoms with E-state index in [1.54, 1.807) is 13.8 Å². The van der Waals surface area contributed by atoms with Crippen molar-refractivity contribution in [3.05, 3.63) is 0 Å². The Bertz CT molecular complexity index is 233. The van der Waals surface area contributed by atoms with Crippen LogP contribution in [-0.2, 0) is 9.59 Å². The van der Waals surface area contributed by atoms with Crippen LogP contribution in [0.25, 0.3) is 0 Å². The summed E-state index contributed by atoms with van der Waals surface area (Å²) >= 11 is 0. The first-order valence-electron chi connectivity index (χ1n) is 5.21.